The van der Waals surface area contributed by atoms with Gasteiger partial charge in [0.1, 0.15) is 0 Å². The second-order valence-corrected chi connectivity index (χ2v) is 6.77. The average Bonchev–Trinajstić information content (AvgIpc) is 3.22. The fraction of sp³-hybridized carbons (Fsp3) is 0.524. The molecular weight excluding hydrogens is 340 g/mol. The Balaban J connectivity index is 1.44. The number of para-hydroxylation sites is 1. The molecule has 3 rings (SSSR count). The van der Waals surface area contributed by atoms with E-state index in [1.807, 2.05) is 30.5 Å². The maximum atomic E-state index is 5.75. The van der Waals surface area contributed by atoms with Crippen LogP contribution in [0.4, 0.5) is 0 Å². The lowest BCUT2D eigenvalue weighted by molar-refractivity contribution is 0.0888. The van der Waals surface area contributed by atoms with Crippen molar-refractivity contribution in [2.75, 3.05) is 39.5 Å². The Kier molecular flexibility index (Phi) is 7.86. The van der Waals surface area contributed by atoms with Gasteiger partial charge in [-0.2, -0.15) is 0 Å². The van der Waals surface area contributed by atoms with E-state index < -0.39 is 0 Å². The summed E-state index contributed by atoms with van der Waals surface area (Å²) in [5, 5.41) is 7.84. The van der Waals surface area contributed by atoms with Crippen LogP contribution < -0.4 is 10.6 Å². The number of hydrogen-bond acceptors (Lipinski definition) is 4. The predicted molar refractivity (Wildman–Crippen MR) is 109 cm³/mol. The maximum Gasteiger partial charge on any atom is 0.191 e. The van der Waals surface area contributed by atoms with E-state index in [2.05, 4.69) is 28.6 Å². The first-order chi connectivity index (χ1) is 13.4. The number of fused-ring (bicyclic) bond motifs is 1. The van der Waals surface area contributed by atoms with Crippen molar-refractivity contribution in [1.29, 1.82) is 0 Å². The molecule has 1 aromatic carbocycles. The predicted octanol–water partition coefficient (Wildman–Crippen LogP) is 2.73. The highest BCUT2D eigenvalue weighted by Crippen LogP contribution is 2.16. The lowest BCUT2D eigenvalue weighted by atomic mass is 10.1. The quantitative estimate of drug-likeness (QED) is 0.404. The third kappa shape index (κ3) is 6.19. The SMILES string of the molecule is CCNC(=NCc1ccnc2ccccc12)NCCCOCC1CCOC1. The number of nitrogens with zero attached hydrogens (tertiary/aromatic N) is 2. The molecule has 1 saturated heterocycles. The molecule has 1 unspecified atom stereocenters. The Labute approximate surface area is 161 Å². The van der Waals surface area contributed by atoms with Crippen LogP contribution in [0, 0.1) is 5.92 Å². The van der Waals surface area contributed by atoms with Crippen LogP contribution in [-0.2, 0) is 16.0 Å². The summed E-state index contributed by atoms with van der Waals surface area (Å²) in [6, 6.07) is 10.2. The zero-order valence-corrected chi connectivity index (χ0v) is 16.1. The van der Waals surface area contributed by atoms with E-state index in [1.54, 1.807) is 0 Å². The summed E-state index contributed by atoms with van der Waals surface area (Å²) in [4.78, 5) is 9.13. The molecule has 1 aliphatic heterocycles. The average molecular weight is 370 g/mol. The second-order valence-electron chi connectivity index (χ2n) is 6.77. The van der Waals surface area contributed by atoms with E-state index in [0.29, 0.717) is 12.5 Å². The van der Waals surface area contributed by atoms with Gasteiger partial charge in [0.2, 0.25) is 0 Å². The van der Waals surface area contributed by atoms with Crippen molar-refractivity contribution in [3.63, 3.8) is 0 Å². The van der Waals surface area contributed by atoms with Crippen LogP contribution in [0.25, 0.3) is 10.9 Å². The first-order valence-electron chi connectivity index (χ1n) is 9.87. The molecule has 1 aliphatic rings. The van der Waals surface area contributed by atoms with Crippen LogP contribution in [0.15, 0.2) is 41.5 Å². The Morgan fingerprint density at radius 3 is 3.07 bits per heavy atom. The molecule has 6 heteroatoms. The fourth-order valence-electron chi connectivity index (χ4n) is 3.14. The van der Waals surface area contributed by atoms with Crippen LogP contribution in [0.1, 0.15) is 25.3 Å². The molecule has 1 fully saturated rings. The number of aliphatic imine (C=N–C) groups is 1. The molecule has 2 aromatic rings. The summed E-state index contributed by atoms with van der Waals surface area (Å²) < 4.78 is 11.1. The first kappa shape index (κ1) is 19.6. The minimum Gasteiger partial charge on any atom is -0.381 e. The van der Waals surface area contributed by atoms with Crippen molar-refractivity contribution in [3.05, 3.63) is 42.1 Å². The number of rotatable bonds is 9. The summed E-state index contributed by atoms with van der Waals surface area (Å²) >= 11 is 0. The van der Waals surface area contributed by atoms with Gasteiger partial charge in [-0.15, -0.1) is 0 Å². The lowest BCUT2D eigenvalue weighted by Crippen LogP contribution is -2.38. The number of ether oxygens (including phenoxy) is 2. The van der Waals surface area contributed by atoms with Crippen LogP contribution in [0.3, 0.4) is 0 Å². The number of aromatic nitrogens is 1. The maximum absolute atomic E-state index is 5.75. The van der Waals surface area contributed by atoms with E-state index in [-0.39, 0.29) is 0 Å². The number of benzene rings is 1. The van der Waals surface area contributed by atoms with Gasteiger partial charge in [-0.1, -0.05) is 18.2 Å². The molecule has 0 saturated carbocycles. The number of nitrogens with one attached hydrogen (secondary N) is 2. The first-order valence-corrected chi connectivity index (χ1v) is 9.87. The molecule has 146 valence electrons. The molecule has 0 aliphatic carbocycles. The highest BCUT2D eigenvalue weighted by molar-refractivity contribution is 5.83. The molecule has 2 heterocycles. The Bertz CT molecular complexity index is 724. The fourth-order valence-corrected chi connectivity index (χ4v) is 3.14. The molecule has 2 N–H and O–H groups in total. The van der Waals surface area contributed by atoms with Crippen molar-refractivity contribution < 1.29 is 9.47 Å². The molecule has 0 amide bonds. The summed E-state index contributed by atoms with van der Waals surface area (Å²) in [5.74, 6) is 1.41. The van der Waals surface area contributed by atoms with E-state index in [0.717, 1.165) is 69.2 Å². The van der Waals surface area contributed by atoms with Crippen LogP contribution in [0.5, 0.6) is 0 Å². The summed E-state index contributed by atoms with van der Waals surface area (Å²) in [6.45, 7) is 7.67. The van der Waals surface area contributed by atoms with Gasteiger partial charge in [-0.3, -0.25) is 4.98 Å². The lowest BCUT2D eigenvalue weighted by Gasteiger charge is -2.12. The van der Waals surface area contributed by atoms with Gasteiger partial charge < -0.3 is 20.1 Å². The van der Waals surface area contributed by atoms with Crippen LogP contribution >= 0.6 is 0 Å². The molecule has 0 spiro atoms. The van der Waals surface area contributed by atoms with Crippen LogP contribution in [-0.4, -0.2) is 50.5 Å². The van der Waals surface area contributed by atoms with Crippen molar-refractivity contribution in [1.82, 2.24) is 15.6 Å². The van der Waals surface area contributed by atoms with Gasteiger partial charge in [-0.05, 0) is 37.5 Å². The summed E-state index contributed by atoms with van der Waals surface area (Å²) in [5.41, 5.74) is 2.19. The molecule has 6 nitrogen and oxygen atoms in total. The van der Waals surface area contributed by atoms with Crippen molar-refractivity contribution in [2.24, 2.45) is 10.9 Å². The summed E-state index contributed by atoms with van der Waals surface area (Å²) in [6.07, 6.45) is 3.93. The van der Waals surface area contributed by atoms with Gasteiger partial charge in [-0.25, -0.2) is 4.99 Å². The highest BCUT2D eigenvalue weighted by atomic mass is 16.5. The third-order valence-electron chi connectivity index (χ3n) is 4.63. The molecule has 1 atom stereocenters. The molecule has 0 radical (unpaired) electrons. The van der Waals surface area contributed by atoms with Crippen molar-refractivity contribution in [2.45, 2.75) is 26.3 Å². The van der Waals surface area contributed by atoms with Crippen molar-refractivity contribution >= 4 is 16.9 Å². The Morgan fingerprint density at radius 2 is 2.22 bits per heavy atom. The Morgan fingerprint density at radius 1 is 1.30 bits per heavy atom. The van der Waals surface area contributed by atoms with Crippen molar-refractivity contribution in [3.8, 4) is 0 Å². The molecule has 0 bridgehead atoms. The van der Waals surface area contributed by atoms with E-state index >= 15 is 0 Å². The largest absolute Gasteiger partial charge is 0.381 e. The van der Waals surface area contributed by atoms with Gasteiger partial charge >= 0.3 is 0 Å². The Hall–Kier alpha value is -2.18. The number of hydrogen-bond donors (Lipinski definition) is 2. The standard InChI is InChI=1S/C21H30N4O2/c1-2-22-21(24-10-5-12-26-15-17-9-13-27-16-17)25-14-18-8-11-23-20-7-4-3-6-19(18)20/h3-4,6-8,11,17H,2,5,9-10,12-16H2,1H3,(H2,22,24,25). The zero-order valence-electron chi connectivity index (χ0n) is 16.1. The zero-order chi connectivity index (χ0) is 18.7. The third-order valence-corrected chi connectivity index (χ3v) is 4.63. The van der Waals surface area contributed by atoms with Gasteiger partial charge in [0, 0.05) is 43.8 Å². The highest BCUT2D eigenvalue weighted by Gasteiger charge is 2.15. The minimum absolute atomic E-state index is 0.576. The number of guanidine groups is 1. The molecule has 27 heavy (non-hydrogen) atoms. The summed E-state index contributed by atoms with van der Waals surface area (Å²) in [7, 11) is 0. The van der Waals surface area contributed by atoms with E-state index in [9.17, 15) is 0 Å². The van der Waals surface area contributed by atoms with Gasteiger partial charge in [0.05, 0.1) is 25.3 Å². The topological polar surface area (TPSA) is 67.8 Å². The van der Waals surface area contributed by atoms with Crippen LogP contribution in [0.2, 0.25) is 0 Å². The monoisotopic (exact) mass is 370 g/mol. The smallest absolute Gasteiger partial charge is 0.191 e. The second kappa shape index (κ2) is 10.8. The normalized spacial score (nSPS) is 17.4. The van der Waals surface area contributed by atoms with Gasteiger partial charge in [0.25, 0.3) is 0 Å². The van der Waals surface area contributed by atoms with Gasteiger partial charge in [0.15, 0.2) is 5.96 Å². The molecular formula is C21H30N4O2. The number of pyridine rings is 1. The molecule has 1 aromatic heterocycles. The minimum atomic E-state index is 0.576. The van der Waals surface area contributed by atoms with E-state index in [1.165, 1.54) is 5.56 Å². The van der Waals surface area contributed by atoms with E-state index in [4.69, 9.17) is 14.5 Å².